The SMILES string of the molecule is Cn1nc(NC(=O)[C@@H]2C[C@@H]3C=C[C@H]2C3)c2c(N3CCOCC3)cccc21. The summed E-state index contributed by atoms with van der Waals surface area (Å²) in [6, 6.07) is 6.23. The van der Waals surface area contributed by atoms with Gasteiger partial charge in [-0.3, -0.25) is 9.48 Å². The van der Waals surface area contributed by atoms with Crippen LogP contribution in [-0.4, -0.2) is 42.0 Å². The molecular weight excluding hydrogens is 328 g/mol. The van der Waals surface area contributed by atoms with Crippen LogP contribution in [0.3, 0.4) is 0 Å². The first-order valence-electron chi connectivity index (χ1n) is 9.48. The molecule has 1 aromatic heterocycles. The van der Waals surface area contributed by atoms with E-state index in [1.54, 1.807) is 0 Å². The standard InChI is InChI=1S/C20H24N4O2/c1-23-16-3-2-4-17(24-7-9-26-10-8-24)18(16)19(22-23)21-20(25)15-12-13-5-6-14(15)11-13/h2-6,13-15H,7-12H2,1H3,(H,21,22,25)/t13-,14+,15-/m1/s1. The van der Waals surface area contributed by atoms with Crippen LogP contribution in [0.5, 0.6) is 0 Å². The van der Waals surface area contributed by atoms with Crippen molar-refractivity contribution in [3.63, 3.8) is 0 Å². The molecule has 2 aliphatic carbocycles. The number of carbonyl (C=O) groups excluding carboxylic acids is 1. The maximum Gasteiger partial charge on any atom is 0.229 e. The number of nitrogens with zero attached hydrogens (tertiary/aromatic N) is 3. The van der Waals surface area contributed by atoms with E-state index in [2.05, 4.69) is 45.7 Å². The third kappa shape index (κ3) is 2.51. The minimum atomic E-state index is 0.0811. The maximum absolute atomic E-state index is 12.9. The molecule has 1 saturated carbocycles. The van der Waals surface area contributed by atoms with Crippen molar-refractivity contribution in [3.8, 4) is 0 Å². The molecule has 2 fully saturated rings. The van der Waals surface area contributed by atoms with E-state index in [4.69, 9.17) is 4.74 Å². The number of aryl methyl sites for hydroxylation is 1. The smallest absolute Gasteiger partial charge is 0.229 e. The van der Waals surface area contributed by atoms with Crippen molar-refractivity contribution in [2.75, 3.05) is 36.5 Å². The van der Waals surface area contributed by atoms with Crippen LogP contribution >= 0.6 is 0 Å². The summed E-state index contributed by atoms with van der Waals surface area (Å²) >= 11 is 0. The molecular formula is C20H24N4O2. The van der Waals surface area contributed by atoms with Crippen molar-refractivity contribution in [2.45, 2.75) is 12.8 Å². The van der Waals surface area contributed by atoms with Gasteiger partial charge in [0, 0.05) is 26.1 Å². The predicted octanol–water partition coefficient (Wildman–Crippen LogP) is 2.56. The Bertz CT molecular complexity index is 881. The molecule has 0 spiro atoms. The number of morpholine rings is 1. The number of ether oxygens (including phenoxy) is 1. The molecule has 0 unspecified atom stereocenters. The van der Waals surface area contributed by atoms with Crippen LogP contribution in [0.25, 0.3) is 10.9 Å². The van der Waals surface area contributed by atoms with Gasteiger partial charge in [0.15, 0.2) is 5.82 Å². The third-order valence-corrected chi connectivity index (χ3v) is 6.06. The van der Waals surface area contributed by atoms with Crippen molar-refractivity contribution in [1.29, 1.82) is 0 Å². The van der Waals surface area contributed by atoms with E-state index in [-0.39, 0.29) is 11.8 Å². The van der Waals surface area contributed by atoms with E-state index in [1.165, 1.54) is 0 Å². The van der Waals surface area contributed by atoms with Gasteiger partial charge >= 0.3 is 0 Å². The van der Waals surface area contributed by atoms with Gasteiger partial charge < -0.3 is 15.0 Å². The number of allylic oxidation sites excluding steroid dienone is 2. The Labute approximate surface area is 152 Å². The van der Waals surface area contributed by atoms with Crippen LogP contribution in [0.1, 0.15) is 12.8 Å². The number of nitrogens with one attached hydrogen (secondary N) is 1. The highest BCUT2D eigenvalue weighted by Crippen LogP contribution is 2.44. The Morgan fingerprint density at radius 1 is 1.23 bits per heavy atom. The summed E-state index contributed by atoms with van der Waals surface area (Å²) in [5, 5.41) is 8.81. The van der Waals surface area contributed by atoms with Crippen molar-refractivity contribution in [3.05, 3.63) is 30.4 Å². The highest BCUT2D eigenvalue weighted by atomic mass is 16.5. The average Bonchev–Trinajstić information content (AvgIpc) is 3.38. The molecule has 6 heteroatoms. The van der Waals surface area contributed by atoms with Crippen molar-refractivity contribution < 1.29 is 9.53 Å². The zero-order chi connectivity index (χ0) is 17.7. The van der Waals surface area contributed by atoms with Crippen LogP contribution in [-0.2, 0) is 16.6 Å². The monoisotopic (exact) mass is 352 g/mol. The number of anilines is 2. The minimum Gasteiger partial charge on any atom is -0.378 e. The number of hydrogen-bond acceptors (Lipinski definition) is 4. The molecule has 1 aromatic carbocycles. The molecule has 136 valence electrons. The average molecular weight is 352 g/mol. The van der Waals surface area contributed by atoms with Gasteiger partial charge in [-0.1, -0.05) is 18.2 Å². The van der Waals surface area contributed by atoms with Gasteiger partial charge in [0.1, 0.15) is 0 Å². The van der Waals surface area contributed by atoms with Crippen LogP contribution in [0, 0.1) is 17.8 Å². The van der Waals surface area contributed by atoms with E-state index < -0.39 is 0 Å². The molecule has 5 rings (SSSR count). The molecule has 26 heavy (non-hydrogen) atoms. The van der Waals surface area contributed by atoms with Gasteiger partial charge in [-0.2, -0.15) is 5.10 Å². The van der Waals surface area contributed by atoms with E-state index in [9.17, 15) is 4.79 Å². The molecule has 2 bridgehead atoms. The highest BCUT2D eigenvalue weighted by molar-refractivity contribution is 6.06. The van der Waals surface area contributed by atoms with Gasteiger partial charge in [-0.15, -0.1) is 0 Å². The Kier molecular flexibility index (Phi) is 3.74. The van der Waals surface area contributed by atoms with Crippen molar-refractivity contribution in [1.82, 2.24) is 9.78 Å². The second-order valence-electron chi connectivity index (χ2n) is 7.62. The van der Waals surface area contributed by atoms with Crippen molar-refractivity contribution in [2.24, 2.45) is 24.8 Å². The summed E-state index contributed by atoms with van der Waals surface area (Å²) in [6.07, 6.45) is 6.57. The predicted molar refractivity (Wildman–Crippen MR) is 101 cm³/mol. The molecule has 0 radical (unpaired) electrons. The number of carbonyl (C=O) groups is 1. The number of benzene rings is 1. The van der Waals surface area contributed by atoms with E-state index in [0.717, 1.165) is 55.7 Å². The summed E-state index contributed by atoms with van der Waals surface area (Å²) in [5.74, 6) is 1.85. The van der Waals surface area contributed by atoms with Gasteiger partial charge in [0.25, 0.3) is 0 Å². The Morgan fingerprint density at radius 3 is 2.81 bits per heavy atom. The molecule has 2 heterocycles. The lowest BCUT2D eigenvalue weighted by Gasteiger charge is -2.29. The van der Waals surface area contributed by atoms with Crippen LogP contribution in [0.2, 0.25) is 0 Å². The zero-order valence-corrected chi connectivity index (χ0v) is 15.0. The number of rotatable bonds is 3. The second kappa shape index (κ2) is 6.13. The van der Waals surface area contributed by atoms with Gasteiger partial charge in [-0.05, 0) is 36.8 Å². The molecule has 1 saturated heterocycles. The molecule has 1 aliphatic heterocycles. The lowest BCUT2D eigenvalue weighted by molar-refractivity contribution is -0.120. The lowest BCUT2D eigenvalue weighted by Crippen LogP contribution is -2.36. The fourth-order valence-electron chi connectivity index (χ4n) is 4.74. The number of amides is 1. The summed E-state index contributed by atoms with van der Waals surface area (Å²) in [5.41, 5.74) is 2.17. The quantitative estimate of drug-likeness (QED) is 0.863. The Morgan fingerprint density at radius 2 is 2.08 bits per heavy atom. The normalized spacial score (nSPS) is 27.4. The molecule has 6 nitrogen and oxygen atoms in total. The van der Waals surface area contributed by atoms with Gasteiger partial charge in [0.05, 0.1) is 29.8 Å². The molecule has 1 N–H and O–H groups in total. The van der Waals surface area contributed by atoms with Gasteiger partial charge in [-0.25, -0.2) is 0 Å². The Hall–Kier alpha value is -2.34. The van der Waals surface area contributed by atoms with Crippen molar-refractivity contribution >= 4 is 28.3 Å². The first-order valence-corrected chi connectivity index (χ1v) is 9.48. The Balaban J connectivity index is 1.49. The summed E-state index contributed by atoms with van der Waals surface area (Å²) in [7, 11) is 1.93. The fraction of sp³-hybridized carbons (Fsp3) is 0.500. The maximum atomic E-state index is 12.9. The van der Waals surface area contributed by atoms with E-state index in [1.807, 2.05) is 11.7 Å². The zero-order valence-electron chi connectivity index (χ0n) is 15.0. The molecule has 3 aliphatic rings. The number of fused-ring (bicyclic) bond motifs is 3. The largest absolute Gasteiger partial charge is 0.378 e. The molecule has 1 amide bonds. The first-order chi connectivity index (χ1) is 12.7. The topological polar surface area (TPSA) is 59.4 Å². The summed E-state index contributed by atoms with van der Waals surface area (Å²) in [4.78, 5) is 15.2. The van der Waals surface area contributed by atoms with Crippen LogP contribution in [0.4, 0.5) is 11.5 Å². The fourth-order valence-corrected chi connectivity index (χ4v) is 4.74. The minimum absolute atomic E-state index is 0.0811. The second-order valence-corrected chi connectivity index (χ2v) is 7.62. The van der Waals surface area contributed by atoms with Gasteiger partial charge in [0.2, 0.25) is 5.91 Å². The lowest BCUT2D eigenvalue weighted by atomic mass is 9.93. The number of hydrogen-bond donors (Lipinski definition) is 1. The molecule has 3 atom stereocenters. The van der Waals surface area contributed by atoms with E-state index >= 15 is 0 Å². The van der Waals surface area contributed by atoms with Crippen LogP contribution in [0.15, 0.2) is 30.4 Å². The summed E-state index contributed by atoms with van der Waals surface area (Å²) < 4.78 is 7.35. The third-order valence-electron chi connectivity index (χ3n) is 6.06. The van der Waals surface area contributed by atoms with Crippen LogP contribution < -0.4 is 10.2 Å². The highest BCUT2D eigenvalue weighted by Gasteiger charge is 2.40. The number of aromatic nitrogens is 2. The molecule has 2 aromatic rings. The van der Waals surface area contributed by atoms with E-state index in [0.29, 0.717) is 17.7 Å². The summed E-state index contributed by atoms with van der Waals surface area (Å²) in [6.45, 7) is 3.18. The first kappa shape index (κ1) is 15.9.